The SMILES string of the molecule is Cc1ncsc1-c1ccc(CNC(=O)[C@@H]2C[C@@H](OC(=O)CCCCCCCCCCC(=O)[O-])CN2C(=O)[C@@H](NC(=O)COCCOCCOCCNC(=O)C[C@@H]2N=C(c3ccc(Cl)cc3)c3c(sc(C)c3C)-n3c(C)nnc32)C(C)(C)C)cc1.[Na+]. The van der Waals surface area contributed by atoms with Crippen LogP contribution < -0.4 is 50.6 Å². The molecule has 85 heavy (non-hydrogen) atoms. The Balaban J connectivity index is 0.0000116. The minimum absolute atomic E-state index is 0. The minimum atomic E-state index is -1.05. The first-order valence-corrected chi connectivity index (χ1v) is 31.0. The van der Waals surface area contributed by atoms with Crippen LogP contribution in [0.5, 0.6) is 0 Å². The van der Waals surface area contributed by atoms with Crippen LogP contribution in [0.3, 0.4) is 0 Å². The van der Waals surface area contributed by atoms with E-state index in [-0.39, 0.29) is 120 Å². The molecular weight excluding hydrogens is 1160 g/mol. The number of benzene rings is 2. The number of nitrogens with zero attached hydrogens (tertiary/aromatic N) is 6. The number of aliphatic imine (C=N–C) groups is 1. The Kier molecular flexibility index (Phi) is 27.2. The third kappa shape index (κ3) is 20.1. The van der Waals surface area contributed by atoms with Crippen molar-refractivity contribution in [2.75, 3.05) is 52.7 Å². The predicted octanol–water partition coefficient (Wildman–Crippen LogP) is 4.80. The molecule has 2 aliphatic heterocycles. The number of thiophene rings is 1. The third-order valence-corrected chi connectivity index (χ3v) is 17.2. The van der Waals surface area contributed by atoms with Crippen LogP contribution in [0, 0.1) is 33.1 Å². The van der Waals surface area contributed by atoms with Crippen molar-refractivity contribution in [3.05, 3.63) is 104 Å². The number of esters is 1. The number of carbonyl (C=O) groups is 6. The summed E-state index contributed by atoms with van der Waals surface area (Å²) in [6.07, 6.45) is 6.48. The maximum atomic E-state index is 14.6. The molecule has 1 saturated heterocycles. The van der Waals surface area contributed by atoms with Crippen LogP contribution >= 0.6 is 34.3 Å². The number of aromatic nitrogens is 4. The molecule has 24 heteroatoms. The minimum Gasteiger partial charge on any atom is -0.550 e. The molecule has 3 N–H and O–H groups in total. The predicted molar refractivity (Wildman–Crippen MR) is 320 cm³/mol. The molecule has 5 heterocycles. The Morgan fingerprint density at radius 3 is 2.07 bits per heavy atom. The van der Waals surface area contributed by atoms with Gasteiger partial charge in [0.1, 0.15) is 41.7 Å². The van der Waals surface area contributed by atoms with E-state index in [1.807, 2.05) is 87.7 Å². The Morgan fingerprint density at radius 1 is 0.788 bits per heavy atom. The Morgan fingerprint density at radius 2 is 1.42 bits per heavy atom. The van der Waals surface area contributed by atoms with E-state index in [0.717, 1.165) is 92.5 Å². The van der Waals surface area contributed by atoms with Crippen molar-refractivity contribution in [1.82, 2.24) is 40.6 Å². The number of fused-ring (bicyclic) bond motifs is 3. The number of carbonyl (C=O) groups excluding carboxylic acids is 6. The van der Waals surface area contributed by atoms with Crippen molar-refractivity contribution < 1.29 is 82.4 Å². The van der Waals surface area contributed by atoms with Crippen molar-refractivity contribution in [1.29, 1.82) is 0 Å². The van der Waals surface area contributed by atoms with Crippen molar-refractivity contribution in [2.24, 2.45) is 10.4 Å². The van der Waals surface area contributed by atoms with E-state index < -0.39 is 59.3 Å². The number of amides is 4. The van der Waals surface area contributed by atoms with Crippen LogP contribution in [0.1, 0.15) is 148 Å². The Labute approximate surface area is 533 Å². The largest absolute Gasteiger partial charge is 1.00 e. The van der Waals surface area contributed by atoms with Gasteiger partial charge in [0, 0.05) is 52.9 Å². The van der Waals surface area contributed by atoms with Gasteiger partial charge in [0.15, 0.2) is 5.82 Å². The molecule has 0 bridgehead atoms. The molecule has 0 saturated carbocycles. The molecule has 2 aromatic carbocycles. The number of halogens is 1. The summed E-state index contributed by atoms with van der Waals surface area (Å²) in [6.45, 7) is 14.5. The van der Waals surface area contributed by atoms with Gasteiger partial charge in [-0.1, -0.05) is 107 Å². The van der Waals surface area contributed by atoms with Crippen LogP contribution in [0.25, 0.3) is 15.4 Å². The van der Waals surface area contributed by atoms with Gasteiger partial charge in [-0.25, -0.2) is 4.98 Å². The summed E-state index contributed by atoms with van der Waals surface area (Å²) >= 11 is 9.45. The van der Waals surface area contributed by atoms with Crippen molar-refractivity contribution in [3.63, 3.8) is 0 Å². The summed E-state index contributed by atoms with van der Waals surface area (Å²) in [4.78, 5) is 92.3. The molecule has 4 amide bonds. The van der Waals surface area contributed by atoms with Gasteiger partial charge < -0.3 is 49.7 Å². The van der Waals surface area contributed by atoms with Crippen LogP contribution in [0.2, 0.25) is 5.02 Å². The molecule has 4 atom stereocenters. The first-order chi connectivity index (χ1) is 40.3. The summed E-state index contributed by atoms with van der Waals surface area (Å²) in [5, 5.41) is 29.8. The van der Waals surface area contributed by atoms with E-state index in [1.54, 1.807) is 28.2 Å². The van der Waals surface area contributed by atoms with E-state index in [0.29, 0.717) is 29.5 Å². The van der Waals surface area contributed by atoms with Gasteiger partial charge in [-0.2, -0.15) is 0 Å². The standard InChI is InChI=1S/C61H80ClN9O11S2.Na/c1-38-40(3)84-60-53(38)54(43-22-24-45(62)25-23-43)66-47(57-69-68-41(4)71(57)60)33-49(72)63-26-27-79-28-29-80-30-31-81-36-50(73)67-56(61(5,6)7)59(78)70-35-46(82-52(76)17-15-13-11-9-8-10-12-14-16-51(74)75)32-48(70)58(77)64-34-42-18-20-44(21-19-42)55-39(2)65-37-83-55;/h18-25,37,46-48,56H,8-17,26-36H2,1-7H3,(H,63,72)(H,64,77)(H,67,73)(H,74,75);/q;+1/p-1/t46-,47+,48+,56-;/m1./s1. The number of hydrogen-bond acceptors (Lipinski definition) is 17. The molecule has 7 rings (SSSR count). The normalized spacial score (nSPS) is 15.9. The molecule has 20 nitrogen and oxygen atoms in total. The van der Waals surface area contributed by atoms with Gasteiger partial charge >= 0.3 is 35.5 Å². The number of hydrogen-bond donors (Lipinski definition) is 3. The summed E-state index contributed by atoms with van der Waals surface area (Å²) < 4.78 is 24.9. The maximum Gasteiger partial charge on any atom is 1.00 e. The molecule has 0 unspecified atom stereocenters. The number of rotatable bonds is 32. The van der Waals surface area contributed by atoms with E-state index in [4.69, 9.17) is 35.5 Å². The van der Waals surface area contributed by atoms with Gasteiger partial charge in [-0.3, -0.25) is 33.5 Å². The van der Waals surface area contributed by atoms with E-state index in [2.05, 4.69) is 45.0 Å². The zero-order valence-electron chi connectivity index (χ0n) is 50.2. The number of thiazole rings is 1. The first kappa shape index (κ1) is 68.7. The number of likely N-dealkylation sites (tertiary alicyclic amines) is 1. The summed E-state index contributed by atoms with van der Waals surface area (Å²) in [5.41, 5.74) is 7.57. The summed E-state index contributed by atoms with van der Waals surface area (Å²) in [7, 11) is 0. The summed E-state index contributed by atoms with van der Waals surface area (Å²) in [6, 6.07) is 12.7. The zero-order valence-corrected chi connectivity index (χ0v) is 54.6. The fraction of sp³-hybridized carbons (Fsp3) is 0.541. The quantitative estimate of drug-likeness (QED) is 0.0297. The van der Waals surface area contributed by atoms with Crippen molar-refractivity contribution >= 4 is 75.6 Å². The first-order valence-electron chi connectivity index (χ1n) is 28.9. The van der Waals surface area contributed by atoms with Gasteiger partial charge in [0.25, 0.3) is 0 Å². The second kappa shape index (κ2) is 33.6. The van der Waals surface area contributed by atoms with Gasteiger partial charge in [0.2, 0.25) is 23.6 Å². The maximum absolute atomic E-state index is 14.6. The fourth-order valence-electron chi connectivity index (χ4n) is 10.1. The van der Waals surface area contributed by atoms with Crippen molar-refractivity contribution in [3.8, 4) is 15.4 Å². The zero-order chi connectivity index (χ0) is 60.3. The monoisotopic (exact) mass is 1240 g/mol. The van der Waals surface area contributed by atoms with E-state index in [1.165, 1.54) is 4.90 Å². The van der Waals surface area contributed by atoms with Crippen LogP contribution in [0.15, 0.2) is 59.0 Å². The molecule has 1 fully saturated rings. The number of unbranched alkanes of at least 4 members (excludes halogenated alkanes) is 7. The average Bonchev–Trinajstić information content (AvgIpc) is 1.80. The molecule has 0 spiro atoms. The van der Waals surface area contributed by atoms with Crippen LogP contribution in [-0.2, 0) is 54.3 Å². The second-order valence-corrected chi connectivity index (χ2v) is 24.8. The number of carboxylic acids is 1. The number of ether oxygens (including phenoxy) is 4. The van der Waals surface area contributed by atoms with Gasteiger partial charge in [-0.15, -0.1) is 32.9 Å². The molecular formula is C61H79ClN9NaO11S2. The Hall–Kier alpha value is -5.43. The van der Waals surface area contributed by atoms with Gasteiger partial charge in [0.05, 0.1) is 67.8 Å². The van der Waals surface area contributed by atoms with E-state index >= 15 is 0 Å². The third-order valence-electron chi connectivity index (χ3n) is 14.8. The smallest absolute Gasteiger partial charge is 0.550 e. The van der Waals surface area contributed by atoms with Crippen LogP contribution in [0.4, 0.5) is 0 Å². The molecule has 3 aromatic heterocycles. The second-order valence-electron chi connectivity index (χ2n) is 22.3. The van der Waals surface area contributed by atoms with Crippen LogP contribution in [-0.4, -0.2) is 137 Å². The number of aryl methyl sites for hydroxylation is 3. The molecule has 0 aliphatic carbocycles. The number of nitrogens with one attached hydrogen (secondary N) is 3. The van der Waals surface area contributed by atoms with Crippen molar-refractivity contribution in [2.45, 2.75) is 156 Å². The van der Waals surface area contributed by atoms with Gasteiger partial charge in [-0.05, 0) is 81.2 Å². The summed E-state index contributed by atoms with van der Waals surface area (Å²) in [5.74, 6) is -1.77. The number of carboxylic acid groups (broad SMARTS) is 1. The molecule has 5 aromatic rings. The van der Waals surface area contributed by atoms with E-state index in [9.17, 15) is 33.9 Å². The Bertz CT molecular complexity index is 3070. The molecule has 0 radical (unpaired) electrons. The number of aliphatic carboxylic acids is 1. The average molecular weight is 1240 g/mol. The topological polar surface area (TPSA) is 258 Å². The molecule has 2 aliphatic rings. The fourth-order valence-corrected chi connectivity index (χ4v) is 12.3. The molecule has 454 valence electrons.